The summed E-state index contributed by atoms with van der Waals surface area (Å²) in [5.41, 5.74) is 0.619. The molecule has 0 bridgehead atoms. The van der Waals surface area contributed by atoms with Crippen LogP contribution in [0.2, 0.25) is 0 Å². The first-order chi connectivity index (χ1) is 14.0. The lowest BCUT2D eigenvalue weighted by atomic mass is 9.81. The van der Waals surface area contributed by atoms with Crippen LogP contribution >= 0.6 is 0 Å². The van der Waals surface area contributed by atoms with E-state index in [2.05, 4.69) is 15.3 Å². The lowest BCUT2D eigenvalue weighted by Gasteiger charge is -2.26. The monoisotopic (exact) mass is 401 g/mol. The zero-order chi connectivity index (χ0) is 20.6. The SMILES string of the molecule is O=C(CC(CC1CCCCC1)C(=O)N[C@@H](Cc1cnc[nH]1)C(=O)O)c1ccco1. The van der Waals surface area contributed by atoms with Gasteiger partial charge in [0.1, 0.15) is 6.04 Å². The van der Waals surface area contributed by atoms with E-state index in [4.69, 9.17) is 4.42 Å². The van der Waals surface area contributed by atoms with Crippen molar-refractivity contribution in [1.29, 1.82) is 0 Å². The second kappa shape index (κ2) is 10.0. The Hall–Kier alpha value is -2.90. The predicted molar refractivity (Wildman–Crippen MR) is 104 cm³/mol. The van der Waals surface area contributed by atoms with E-state index < -0.39 is 23.8 Å². The Labute approximate surface area is 169 Å². The van der Waals surface area contributed by atoms with Crippen LogP contribution in [0.3, 0.4) is 0 Å². The Kier molecular flexibility index (Phi) is 7.21. The second-order valence-corrected chi connectivity index (χ2v) is 7.72. The van der Waals surface area contributed by atoms with Gasteiger partial charge in [0, 0.05) is 30.7 Å². The first-order valence-electron chi connectivity index (χ1n) is 10.1. The number of amides is 1. The third kappa shape index (κ3) is 6.04. The van der Waals surface area contributed by atoms with E-state index >= 15 is 0 Å². The summed E-state index contributed by atoms with van der Waals surface area (Å²) in [5.74, 6) is -1.76. The van der Waals surface area contributed by atoms with Crippen molar-refractivity contribution in [2.45, 2.75) is 57.4 Å². The molecule has 1 amide bonds. The molecule has 1 saturated carbocycles. The minimum Gasteiger partial charge on any atom is -0.480 e. The van der Waals surface area contributed by atoms with Crippen LogP contribution in [0.15, 0.2) is 35.3 Å². The van der Waals surface area contributed by atoms with Gasteiger partial charge >= 0.3 is 5.97 Å². The molecule has 1 fully saturated rings. The van der Waals surface area contributed by atoms with Gasteiger partial charge in [0.2, 0.25) is 5.91 Å². The van der Waals surface area contributed by atoms with Gasteiger partial charge in [0.25, 0.3) is 0 Å². The number of aromatic amines is 1. The Morgan fingerprint density at radius 2 is 2.07 bits per heavy atom. The zero-order valence-corrected chi connectivity index (χ0v) is 16.3. The molecular weight excluding hydrogens is 374 g/mol. The number of H-pyrrole nitrogens is 1. The van der Waals surface area contributed by atoms with Crippen LogP contribution in [0.1, 0.15) is 61.2 Å². The van der Waals surface area contributed by atoms with Crippen molar-refractivity contribution in [1.82, 2.24) is 15.3 Å². The van der Waals surface area contributed by atoms with Gasteiger partial charge in [-0.1, -0.05) is 32.1 Å². The van der Waals surface area contributed by atoms with E-state index in [1.54, 1.807) is 12.1 Å². The number of Topliss-reactive ketones (excluding diaryl/α,β-unsaturated/α-hetero) is 1. The number of carbonyl (C=O) groups is 3. The molecule has 0 aromatic carbocycles. The number of carbonyl (C=O) groups excluding carboxylic acids is 2. The molecule has 29 heavy (non-hydrogen) atoms. The number of furan rings is 1. The Bertz CT molecular complexity index is 794. The summed E-state index contributed by atoms with van der Waals surface area (Å²) in [6.07, 6.45) is 10.6. The maximum Gasteiger partial charge on any atom is 0.326 e. The molecule has 8 heteroatoms. The average Bonchev–Trinajstić information content (AvgIpc) is 3.41. The molecule has 1 unspecified atom stereocenters. The fraction of sp³-hybridized carbons (Fsp3) is 0.524. The maximum atomic E-state index is 13.0. The highest BCUT2D eigenvalue weighted by Gasteiger charge is 2.30. The molecule has 8 nitrogen and oxygen atoms in total. The number of carboxylic acids is 1. The molecule has 3 N–H and O–H groups in total. The number of aliphatic carboxylic acids is 1. The predicted octanol–water partition coefficient (Wildman–Crippen LogP) is 2.97. The summed E-state index contributed by atoms with van der Waals surface area (Å²) in [6, 6.07) is 2.13. The third-order valence-corrected chi connectivity index (χ3v) is 5.53. The quantitative estimate of drug-likeness (QED) is 0.526. The first-order valence-corrected chi connectivity index (χ1v) is 10.1. The Morgan fingerprint density at radius 3 is 2.69 bits per heavy atom. The summed E-state index contributed by atoms with van der Waals surface area (Å²) in [6.45, 7) is 0. The zero-order valence-electron chi connectivity index (χ0n) is 16.3. The smallest absolute Gasteiger partial charge is 0.326 e. The average molecular weight is 401 g/mol. The van der Waals surface area contributed by atoms with Crippen molar-refractivity contribution in [3.63, 3.8) is 0 Å². The molecule has 0 saturated heterocycles. The highest BCUT2D eigenvalue weighted by Crippen LogP contribution is 2.31. The normalized spacial score (nSPS) is 16.8. The van der Waals surface area contributed by atoms with Crippen molar-refractivity contribution in [2.24, 2.45) is 11.8 Å². The standard InChI is InChI=1S/C21H27N3O5/c25-18(19-7-4-8-29-19)10-15(9-14-5-2-1-3-6-14)20(26)24-17(21(27)28)11-16-12-22-13-23-16/h4,7-8,12-15,17H,1-3,5-6,9-11H2,(H,22,23)(H,24,26)(H,27,28)/t15?,17-/m0/s1. The summed E-state index contributed by atoms with van der Waals surface area (Å²) >= 11 is 0. The molecule has 1 aliphatic rings. The minimum absolute atomic E-state index is 0.00619. The van der Waals surface area contributed by atoms with E-state index in [1.807, 2.05) is 0 Å². The number of rotatable bonds is 10. The van der Waals surface area contributed by atoms with Crippen LogP contribution in [0.25, 0.3) is 0 Å². The second-order valence-electron chi connectivity index (χ2n) is 7.72. The lowest BCUT2D eigenvalue weighted by molar-refractivity contribution is -0.142. The number of nitrogens with zero attached hydrogens (tertiary/aromatic N) is 1. The fourth-order valence-electron chi connectivity index (χ4n) is 3.98. The van der Waals surface area contributed by atoms with Crippen molar-refractivity contribution >= 4 is 17.7 Å². The summed E-state index contributed by atoms with van der Waals surface area (Å²) in [5, 5.41) is 12.2. The number of nitrogens with one attached hydrogen (secondary N) is 2. The molecule has 0 radical (unpaired) electrons. The molecule has 0 spiro atoms. The van der Waals surface area contributed by atoms with E-state index in [-0.39, 0.29) is 24.4 Å². The van der Waals surface area contributed by atoms with Crippen molar-refractivity contribution in [3.8, 4) is 0 Å². The lowest BCUT2D eigenvalue weighted by Crippen LogP contribution is -2.45. The molecule has 1 aliphatic carbocycles. The fourth-order valence-corrected chi connectivity index (χ4v) is 3.98. The Morgan fingerprint density at radius 1 is 1.28 bits per heavy atom. The molecule has 3 rings (SSSR count). The van der Waals surface area contributed by atoms with Crippen molar-refractivity contribution in [2.75, 3.05) is 0 Å². The number of carboxylic acid groups (broad SMARTS) is 1. The number of ketones is 1. The minimum atomic E-state index is -1.12. The number of hydrogen-bond acceptors (Lipinski definition) is 5. The van der Waals surface area contributed by atoms with Gasteiger partial charge in [-0.2, -0.15) is 0 Å². The van der Waals surface area contributed by atoms with E-state index in [9.17, 15) is 19.5 Å². The Balaban J connectivity index is 1.69. The van der Waals surface area contributed by atoms with Crippen LogP contribution in [0.4, 0.5) is 0 Å². The highest BCUT2D eigenvalue weighted by molar-refractivity contribution is 5.97. The van der Waals surface area contributed by atoms with Gasteiger partial charge in [-0.05, 0) is 24.5 Å². The summed E-state index contributed by atoms with van der Waals surface area (Å²) < 4.78 is 5.17. The number of hydrogen-bond donors (Lipinski definition) is 3. The molecule has 2 aromatic heterocycles. The van der Waals surface area contributed by atoms with Gasteiger partial charge in [-0.15, -0.1) is 0 Å². The van der Waals surface area contributed by atoms with Crippen molar-refractivity contribution < 1.29 is 23.9 Å². The topological polar surface area (TPSA) is 125 Å². The van der Waals surface area contributed by atoms with Crippen LogP contribution in [0, 0.1) is 11.8 Å². The third-order valence-electron chi connectivity index (χ3n) is 5.53. The largest absolute Gasteiger partial charge is 0.480 e. The van der Waals surface area contributed by atoms with Crippen LogP contribution in [-0.4, -0.2) is 38.8 Å². The van der Waals surface area contributed by atoms with Crippen LogP contribution in [-0.2, 0) is 16.0 Å². The summed E-state index contributed by atoms with van der Waals surface area (Å²) in [7, 11) is 0. The van der Waals surface area contributed by atoms with Gasteiger partial charge in [-0.3, -0.25) is 9.59 Å². The molecular formula is C21H27N3O5. The highest BCUT2D eigenvalue weighted by atomic mass is 16.4. The van der Waals surface area contributed by atoms with E-state index in [0.717, 1.165) is 25.7 Å². The van der Waals surface area contributed by atoms with Gasteiger partial charge < -0.3 is 19.8 Å². The molecule has 0 aliphatic heterocycles. The van der Waals surface area contributed by atoms with Gasteiger partial charge in [0.15, 0.2) is 11.5 Å². The molecule has 2 aromatic rings. The van der Waals surface area contributed by atoms with Crippen molar-refractivity contribution in [3.05, 3.63) is 42.4 Å². The molecule has 156 valence electrons. The summed E-state index contributed by atoms with van der Waals surface area (Å²) in [4.78, 5) is 43.9. The number of imidazole rings is 1. The van der Waals surface area contributed by atoms with Gasteiger partial charge in [0.05, 0.1) is 12.6 Å². The maximum absolute atomic E-state index is 13.0. The first kappa shape index (κ1) is 20.8. The molecule has 2 atom stereocenters. The van der Waals surface area contributed by atoms with Crippen LogP contribution in [0.5, 0.6) is 0 Å². The molecule has 2 heterocycles. The van der Waals surface area contributed by atoms with E-state index in [1.165, 1.54) is 25.2 Å². The van der Waals surface area contributed by atoms with E-state index in [0.29, 0.717) is 18.0 Å². The van der Waals surface area contributed by atoms with Gasteiger partial charge in [-0.25, -0.2) is 9.78 Å². The number of aromatic nitrogens is 2. The van der Waals surface area contributed by atoms with Crippen LogP contribution < -0.4 is 5.32 Å².